The summed E-state index contributed by atoms with van der Waals surface area (Å²) in [5, 5.41) is 7.37. The zero-order valence-electron chi connectivity index (χ0n) is 23.2. The topological polar surface area (TPSA) is 8.29 Å². The molecule has 185 valence electrons. The maximum absolute atomic E-state index is 8.70. The van der Waals surface area contributed by atoms with Crippen LogP contribution in [-0.4, -0.2) is 4.40 Å². The van der Waals surface area contributed by atoms with Gasteiger partial charge in [-0.1, -0.05) is 80.8 Å². The third-order valence-electron chi connectivity index (χ3n) is 7.25. The molecule has 0 atom stereocenters. The van der Waals surface area contributed by atoms with Crippen LogP contribution in [0.1, 0.15) is 34.6 Å². The fraction of sp³-hybridized carbons (Fsp3) is 0.147. The molecule has 0 saturated carbocycles. The van der Waals surface area contributed by atoms with Gasteiger partial charge in [0.2, 0.25) is 0 Å². The molecule has 0 N–H and O–H groups in total. The molecule has 0 aliphatic rings. The molecule has 7 rings (SSSR count). The normalized spacial score (nSPS) is 13.5. The Labute approximate surface area is 234 Å². The first-order chi connectivity index (χ1) is 18.1. The average molecular weight is 660 g/mol. The smallest absolute Gasteiger partial charge is 0.0719 e. The van der Waals surface area contributed by atoms with Gasteiger partial charge >= 0.3 is 0 Å². The molecule has 0 unspecified atom stereocenters. The Kier molecular flexibility index (Phi) is 4.80. The van der Waals surface area contributed by atoms with Crippen molar-refractivity contribution in [1.82, 2.24) is 4.40 Å². The number of benzene rings is 4. The number of pyridine rings is 1. The molecule has 1 radical (unpaired) electrons. The van der Waals surface area contributed by atoms with Crippen molar-refractivity contribution in [2.24, 2.45) is 5.41 Å². The summed E-state index contributed by atoms with van der Waals surface area (Å²) < 4.78 is 21.6. The molecule has 37 heavy (non-hydrogen) atoms. The second-order valence-corrected chi connectivity index (χ2v) is 10.9. The van der Waals surface area contributed by atoms with Crippen LogP contribution in [0, 0.1) is 19.4 Å². The summed E-state index contributed by atoms with van der Waals surface area (Å²) in [6.07, 6.45) is 0.329. The van der Waals surface area contributed by atoms with Crippen LogP contribution in [0.4, 0.5) is 0 Å². The molecule has 2 nitrogen and oxygen atoms in total. The van der Waals surface area contributed by atoms with Gasteiger partial charge in [-0.15, -0.1) is 11.6 Å². The minimum atomic E-state index is -1.49. The van der Waals surface area contributed by atoms with Crippen molar-refractivity contribution >= 4 is 48.9 Å². The van der Waals surface area contributed by atoms with Crippen molar-refractivity contribution in [2.75, 3.05) is 0 Å². The summed E-state index contributed by atoms with van der Waals surface area (Å²) in [5.74, 6) is 0. The first kappa shape index (κ1) is 21.6. The maximum atomic E-state index is 8.70. The van der Waals surface area contributed by atoms with Gasteiger partial charge in [-0.3, -0.25) is 0 Å². The Morgan fingerprint density at radius 1 is 0.838 bits per heavy atom. The number of nitrogens with zero attached hydrogens (tertiary/aromatic N) is 2. The molecule has 7 aromatic rings. The van der Waals surface area contributed by atoms with Crippen molar-refractivity contribution < 1.29 is 27.4 Å². The van der Waals surface area contributed by atoms with E-state index in [4.69, 9.17) is 2.74 Å². The van der Waals surface area contributed by atoms with Crippen LogP contribution in [-0.2, 0) is 26.5 Å². The van der Waals surface area contributed by atoms with Crippen LogP contribution in [0.15, 0.2) is 85.1 Å². The summed E-state index contributed by atoms with van der Waals surface area (Å²) >= 11 is 0. The second kappa shape index (κ2) is 8.24. The number of hydrogen-bond acceptors (Lipinski definition) is 0. The van der Waals surface area contributed by atoms with E-state index in [9.17, 15) is 0 Å². The number of rotatable bonds is 2. The Morgan fingerprint density at radius 3 is 2.38 bits per heavy atom. The van der Waals surface area contributed by atoms with Crippen molar-refractivity contribution in [3.8, 4) is 11.3 Å². The van der Waals surface area contributed by atoms with Crippen LogP contribution in [0.3, 0.4) is 0 Å². The number of aromatic nitrogens is 2. The zero-order valence-corrected chi connectivity index (χ0v) is 23.6. The van der Waals surface area contributed by atoms with E-state index >= 15 is 0 Å². The van der Waals surface area contributed by atoms with Crippen molar-refractivity contribution in [3.05, 3.63) is 110 Å². The van der Waals surface area contributed by atoms with E-state index in [0.717, 1.165) is 22.2 Å². The van der Waals surface area contributed by atoms with Gasteiger partial charge in [0, 0.05) is 51.4 Å². The predicted molar refractivity (Wildman–Crippen MR) is 153 cm³/mol. The molecule has 0 saturated heterocycles. The number of para-hydroxylation sites is 2. The first-order valence-electron chi connectivity index (χ1n) is 13.4. The Balaban J connectivity index is 0.00000277. The minimum Gasteiger partial charge on any atom is -0.343 e. The van der Waals surface area contributed by atoms with Gasteiger partial charge in [-0.2, -0.15) is 18.6 Å². The quantitative estimate of drug-likeness (QED) is 0.130. The molecular weight excluding hydrogens is 629 g/mol. The SMILES string of the molecule is [2H]C([2H])(c1ccc(-c2cc3c(ccc4c3c3cccc5c6ccccc6n4c53)cc2[CH2-])[n+]([CH2-])c1)C(C)(C)C.[Ir]. The largest absolute Gasteiger partial charge is 0.343 e. The molecule has 0 spiro atoms. The van der Waals surface area contributed by atoms with Gasteiger partial charge in [0.05, 0.1) is 28.4 Å². The van der Waals surface area contributed by atoms with Gasteiger partial charge in [-0.05, 0) is 34.9 Å². The predicted octanol–water partition coefficient (Wildman–Crippen LogP) is 8.35. The zero-order chi connectivity index (χ0) is 26.6. The molecule has 0 bridgehead atoms. The van der Waals surface area contributed by atoms with E-state index in [2.05, 4.69) is 85.1 Å². The van der Waals surface area contributed by atoms with Gasteiger partial charge in [0.1, 0.15) is 0 Å². The Hall–Kier alpha value is -3.52. The third kappa shape index (κ3) is 3.53. The third-order valence-corrected chi connectivity index (χ3v) is 7.25. The molecule has 0 aliphatic heterocycles. The molecule has 3 heterocycles. The molecule has 0 amide bonds. The number of fused-ring (bicyclic) bond motifs is 8. The van der Waals surface area contributed by atoms with Crippen LogP contribution >= 0.6 is 0 Å². The summed E-state index contributed by atoms with van der Waals surface area (Å²) in [7, 11) is 4.25. The van der Waals surface area contributed by atoms with E-state index in [0.29, 0.717) is 5.56 Å². The van der Waals surface area contributed by atoms with Gasteiger partial charge < -0.3 is 8.97 Å². The number of hydrogen-bond donors (Lipinski definition) is 0. The Morgan fingerprint density at radius 2 is 1.59 bits per heavy atom. The first-order valence-corrected chi connectivity index (χ1v) is 12.4. The van der Waals surface area contributed by atoms with Gasteiger partial charge in [0.25, 0.3) is 0 Å². The Bertz CT molecular complexity index is 2060. The van der Waals surface area contributed by atoms with Crippen molar-refractivity contribution in [3.63, 3.8) is 0 Å². The van der Waals surface area contributed by atoms with Gasteiger partial charge in [0.15, 0.2) is 0 Å². The van der Waals surface area contributed by atoms with E-state index in [1.165, 1.54) is 43.5 Å². The molecule has 0 fully saturated rings. The fourth-order valence-corrected chi connectivity index (χ4v) is 5.88. The molecule has 3 aromatic heterocycles. The molecular formula is C34H29IrN2-. The summed E-state index contributed by atoms with van der Waals surface area (Å²) in [6.45, 7) is 10.1. The monoisotopic (exact) mass is 660 g/mol. The van der Waals surface area contributed by atoms with E-state index in [1.54, 1.807) is 4.57 Å². The fourth-order valence-electron chi connectivity index (χ4n) is 5.88. The van der Waals surface area contributed by atoms with Gasteiger partial charge in [-0.25, -0.2) is 0 Å². The second-order valence-electron chi connectivity index (χ2n) is 10.9. The van der Waals surface area contributed by atoms with Crippen molar-refractivity contribution in [1.29, 1.82) is 0 Å². The van der Waals surface area contributed by atoms with E-state index in [-0.39, 0.29) is 20.1 Å². The maximum Gasteiger partial charge on any atom is 0.0719 e. The van der Waals surface area contributed by atoms with Crippen LogP contribution < -0.4 is 4.57 Å². The summed E-state index contributed by atoms with van der Waals surface area (Å²) in [6, 6.07) is 27.9. The standard InChI is InChI=1S/C34H29N2.Ir/c1-21-17-23-14-16-31-32(26-11-8-10-25-24-9-6-7-12-30(24)36(31)33(25)26)28(23)18-27(21)29-15-13-22(20-35(29)5)19-34(2,3)4;/h6-18,20H,1,5,19H2,2-4H3;/q-1;/i19D2;. The average Bonchev–Trinajstić information content (AvgIpc) is 3.40. The van der Waals surface area contributed by atoms with Crippen LogP contribution in [0.25, 0.3) is 60.1 Å². The summed E-state index contributed by atoms with van der Waals surface area (Å²) in [5.41, 5.74) is 6.59. The van der Waals surface area contributed by atoms with Crippen LogP contribution in [0.5, 0.6) is 0 Å². The molecule has 4 aromatic carbocycles. The van der Waals surface area contributed by atoms with E-state index in [1.807, 2.05) is 39.1 Å². The van der Waals surface area contributed by atoms with E-state index < -0.39 is 11.8 Å². The molecule has 3 heteroatoms. The summed E-state index contributed by atoms with van der Waals surface area (Å²) in [4.78, 5) is 0. The molecule has 0 aliphatic carbocycles. The van der Waals surface area contributed by atoms with Crippen molar-refractivity contribution in [2.45, 2.75) is 27.1 Å². The minimum absolute atomic E-state index is 0. The van der Waals surface area contributed by atoms with Crippen LogP contribution in [0.2, 0.25) is 0 Å².